The first-order chi connectivity index (χ1) is 9.45. The largest absolute Gasteiger partial charge is 0.497 e. The molecule has 94 valence electrons. The minimum atomic E-state index is 0.733. The summed E-state index contributed by atoms with van der Waals surface area (Å²) in [5, 5.41) is 2.61. The van der Waals surface area contributed by atoms with Crippen LogP contribution in [0.2, 0.25) is 0 Å². The number of allylic oxidation sites excluding steroid dienone is 2. The van der Waals surface area contributed by atoms with E-state index >= 15 is 0 Å². The maximum absolute atomic E-state index is 4.80. The van der Waals surface area contributed by atoms with Crippen LogP contribution in [0, 0.1) is 0 Å². The molecule has 2 heteroatoms. The van der Waals surface area contributed by atoms with Gasteiger partial charge in [-0.15, -0.1) is 0 Å². The topological polar surface area (TPSA) is 25.0 Å². The lowest BCUT2D eigenvalue weighted by Gasteiger charge is -1.94. The van der Waals surface area contributed by atoms with Crippen molar-refractivity contribution in [3.05, 3.63) is 73.0 Å². The minimum Gasteiger partial charge on any atom is -0.497 e. The van der Waals surface area contributed by atoms with E-state index < -0.39 is 0 Å². The highest BCUT2D eigenvalue weighted by Crippen LogP contribution is 2.24. The molecule has 0 bridgehead atoms. The molecule has 19 heavy (non-hydrogen) atoms. The summed E-state index contributed by atoms with van der Waals surface area (Å²) in [7, 11) is 0. The lowest BCUT2D eigenvalue weighted by Crippen LogP contribution is -1.82. The number of ether oxygens (including phenoxy) is 1. The Labute approximate surface area is 112 Å². The number of hydrogen-bond donors (Lipinski definition) is 1. The van der Waals surface area contributed by atoms with Gasteiger partial charge in [0.25, 0.3) is 0 Å². The summed E-state index contributed by atoms with van der Waals surface area (Å²) in [4.78, 5) is 3.38. The molecular weight excluding hydrogens is 234 g/mol. The zero-order valence-corrected chi connectivity index (χ0v) is 10.5. The molecule has 0 unspecified atom stereocenters. The third-order valence-corrected chi connectivity index (χ3v) is 3.03. The molecule has 0 saturated heterocycles. The van der Waals surface area contributed by atoms with Gasteiger partial charge in [-0.25, -0.2) is 0 Å². The van der Waals surface area contributed by atoms with Gasteiger partial charge in [-0.3, -0.25) is 0 Å². The van der Waals surface area contributed by atoms with Crippen molar-refractivity contribution in [2.75, 3.05) is 6.61 Å². The lowest BCUT2D eigenvalue weighted by atomic mass is 10.2. The summed E-state index contributed by atoms with van der Waals surface area (Å²) in [6, 6.07) is 16.8. The van der Waals surface area contributed by atoms with Crippen molar-refractivity contribution in [2.45, 2.75) is 0 Å². The van der Waals surface area contributed by atoms with Crippen LogP contribution in [0.25, 0.3) is 21.8 Å². The van der Waals surface area contributed by atoms with Crippen molar-refractivity contribution in [2.24, 2.45) is 0 Å². The van der Waals surface area contributed by atoms with Crippen molar-refractivity contribution < 1.29 is 4.74 Å². The fourth-order valence-corrected chi connectivity index (χ4v) is 2.15. The normalized spacial score (nSPS) is 13.1. The van der Waals surface area contributed by atoms with Gasteiger partial charge in [-0.2, -0.15) is 0 Å². The SMILES string of the molecule is C1=CCOC=C1.c1ccc2c(c1)[nH]c1ccccc12. The van der Waals surface area contributed by atoms with Crippen molar-refractivity contribution in [3.8, 4) is 0 Å². The smallest absolute Gasteiger partial charge is 0.106 e. The Morgan fingerprint density at radius 2 is 1.42 bits per heavy atom. The van der Waals surface area contributed by atoms with Crippen LogP contribution in [-0.4, -0.2) is 11.6 Å². The van der Waals surface area contributed by atoms with Gasteiger partial charge in [0.15, 0.2) is 0 Å². The molecule has 0 atom stereocenters. The first kappa shape index (κ1) is 11.6. The molecule has 2 aromatic carbocycles. The fraction of sp³-hybridized carbons (Fsp3) is 0.0588. The van der Waals surface area contributed by atoms with Crippen molar-refractivity contribution >= 4 is 21.8 Å². The van der Waals surface area contributed by atoms with E-state index in [0.717, 1.165) is 6.61 Å². The maximum atomic E-state index is 4.80. The minimum absolute atomic E-state index is 0.733. The van der Waals surface area contributed by atoms with E-state index in [1.807, 2.05) is 18.2 Å². The number of hydrogen-bond acceptors (Lipinski definition) is 1. The molecule has 1 aliphatic rings. The molecule has 1 N–H and O–H groups in total. The molecule has 1 aliphatic heterocycles. The van der Waals surface area contributed by atoms with Gasteiger partial charge in [0, 0.05) is 21.8 Å². The molecule has 0 aliphatic carbocycles. The van der Waals surface area contributed by atoms with E-state index in [0.29, 0.717) is 0 Å². The van der Waals surface area contributed by atoms with Crippen LogP contribution in [0.5, 0.6) is 0 Å². The average molecular weight is 249 g/mol. The van der Waals surface area contributed by atoms with E-state index in [9.17, 15) is 0 Å². The predicted molar refractivity (Wildman–Crippen MR) is 80.0 cm³/mol. The number of H-pyrrole nitrogens is 1. The zero-order chi connectivity index (χ0) is 12.9. The average Bonchev–Trinajstić information content (AvgIpc) is 2.88. The summed E-state index contributed by atoms with van der Waals surface area (Å²) >= 11 is 0. The highest BCUT2D eigenvalue weighted by molar-refractivity contribution is 6.06. The monoisotopic (exact) mass is 249 g/mol. The van der Waals surface area contributed by atoms with Crippen molar-refractivity contribution in [1.29, 1.82) is 0 Å². The second kappa shape index (κ2) is 5.44. The number of aromatic amines is 1. The Hall–Kier alpha value is -2.48. The zero-order valence-electron chi connectivity index (χ0n) is 10.5. The molecule has 2 heterocycles. The Morgan fingerprint density at radius 3 is 1.84 bits per heavy atom. The Kier molecular flexibility index (Phi) is 3.32. The first-order valence-electron chi connectivity index (χ1n) is 6.34. The van der Waals surface area contributed by atoms with Crippen molar-refractivity contribution in [3.63, 3.8) is 0 Å². The predicted octanol–water partition coefficient (Wildman–Crippen LogP) is 4.41. The van der Waals surface area contributed by atoms with Crippen LogP contribution in [0.4, 0.5) is 0 Å². The lowest BCUT2D eigenvalue weighted by molar-refractivity contribution is 0.286. The standard InChI is InChI=1S/C12H9N.C5H6O/c1-3-7-11-9(5-1)10-6-2-4-8-12(10)13-11;1-2-4-6-5-3-1/h1-8,13H;1-4H,5H2. The van der Waals surface area contributed by atoms with Crippen LogP contribution in [0.3, 0.4) is 0 Å². The highest BCUT2D eigenvalue weighted by atomic mass is 16.5. The van der Waals surface area contributed by atoms with Gasteiger partial charge in [-0.05, 0) is 24.3 Å². The van der Waals surface area contributed by atoms with E-state index in [2.05, 4.69) is 53.5 Å². The second-order valence-corrected chi connectivity index (χ2v) is 4.31. The molecule has 0 radical (unpaired) electrons. The summed E-state index contributed by atoms with van der Waals surface area (Å²) < 4.78 is 4.80. The number of rotatable bonds is 0. The number of benzene rings is 2. The maximum Gasteiger partial charge on any atom is 0.106 e. The molecule has 4 rings (SSSR count). The van der Waals surface area contributed by atoms with Gasteiger partial charge in [0.2, 0.25) is 0 Å². The number of nitrogens with one attached hydrogen (secondary N) is 1. The van der Waals surface area contributed by atoms with Crippen LogP contribution < -0.4 is 0 Å². The highest BCUT2D eigenvalue weighted by Gasteiger charge is 2.00. The summed E-state index contributed by atoms with van der Waals surface area (Å²) in [5.74, 6) is 0. The third kappa shape index (κ3) is 2.52. The van der Waals surface area contributed by atoms with Crippen LogP contribution in [0.15, 0.2) is 73.0 Å². The molecule has 0 fully saturated rings. The summed E-state index contributed by atoms with van der Waals surface area (Å²) in [5.41, 5.74) is 2.42. The molecule has 0 amide bonds. The van der Waals surface area contributed by atoms with Crippen molar-refractivity contribution in [1.82, 2.24) is 4.98 Å². The summed E-state index contributed by atoms with van der Waals surface area (Å²) in [6.45, 7) is 0.733. The number of aromatic nitrogens is 1. The fourth-order valence-electron chi connectivity index (χ4n) is 2.15. The molecule has 2 nitrogen and oxygen atoms in total. The van der Waals surface area contributed by atoms with Gasteiger partial charge in [0.1, 0.15) is 6.61 Å². The molecule has 1 aromatic heterocycles. The summed E-state index contributed by atoms with van der Waals surface area (Å²) in [6.07, 6.45) is 7.47. The molecular formula is C17H15NO. The molecule has 0 saturated carbocycles. The third-order valence-electron chi connectivity index (χ3n) is 3.03. The van der Waals surface area contributed by atoms with Crippen LogP contribution in [-0.2, 0) is 4.74 Å². The molecule has 0 spiro atoms. The quantitative estimate of drug-likeness (QED) is 0.627. The van der Waals surface area contributed by atoms with E-state index in [4.69, 9.17) is 4.74 Å². The second-order valence-electron chi connectivity index (χ2n) is 4.31. The first-order valence-corrected chi connectivity index (χ1v) is 6.34. The van der Waals surface area contributed by atoms with Crippen LogP contribution >= 0.6 is 0 Å². The van der Waals surface area contributed by atoms with Gasteiger partial charge < -0.3 is 9.72 Å². The van der Waals surface area contributed by atoms with Gasteiger partial charge in [0.05, 0.1) is 6.26 Å². The van der Waals surface area contributed by atoms with E-state index in [-0.39, 0.29) is 0 Å². The van der Waals surface area contributed by atoms with Gasteiger partial charge in [-0.1, -0.05) is 42.5 Å². The Balaban J connectivity index is 0.000000155. The number of fused-ring (bicyclic) bond motifs is 3. The Morgan fingerprint density at radius 1 is 0.789 bits per heavy atom. The number of para-hydroxylation sites is 2. The molecule has 3 aromatic rings. The van der Waals surface area contributed by atoms with E-state index in [1.165, 1.54) is 21.8 Å². The Bertz CT molecular complexity index is 675. The van der Waals surface area contributed by atoms with Gasteiger partial charge >= 0.3 is 0 Å². The van der Waals surface area contributed by atoms with E-state index in [1.54, 1.807) is 6.26 Å². The van der Waals surface area contributed by atoms with Crippen LogP contribution in [0.1, 0.15) is 0 Å².